The van der Waals surface area contributed by atoms with E-state index in [1.165, 1.54) is 0 Å². The highest BCUT2D eigenvalue weighted by Gasteiger charge is 2.10. The van der Waals surface area contributed by atoms with Gasteiger partial charge in [-0.3, -0.25) is 9.10 Å². The minimum absolute atomic E-state index is 0.0784. The van der Waals surface area contributed by atoms with E-state index in [4.69, 9.17) is 0 Å². The fraction of sp³-hybridized carbons (Fsp3) is 0.364. The van der Waals surface area contributed by atoms with Crippen molar-refractivity contribution in [1.82, 2.24) is 0 Å². The molecule has 0 heterocycles. The fourth-order valence-corrected chi connectivity index (χ4v) is 1.91. The molecule has 0 aliphatic carbocycles. The first-order valence-electron chi connectivity index (χ1n) is 4.74. The van der Waals surface area contributed by atoms with Crippen molar-refractivity contribution >= 4 is 23.5 Å². The van der Waals surface area contributed by atoms with E-state index in [2.05, 4.69) is 6.92 Å². The smallest absolute Gasteiger partial charge is 0.233 e. The van der Waals surface area contributed by atoms with Gasteiger partial charge in [0.1, 0.15) is 0 Å². The third kappa shape index (κ3) is 3.07. The van der Waals surface area contributed by atoms with Gasteiger partial charge in [0.05, 0.1) is 5.69 Å². The summed E-state index contributed by atoms with van der Waals surface area (Å²) in [6, 6.07) is 9.73. The zero-order valence-electron chi connectivity index (χ0n) is 8.56. The summed E-state index contributed by atoms with van der Waals surface area (Å²) in [5.74, 6) is 1.05. The molecule has 1 aromatic rings. The maximum Gasteiger partial charge on any atom is 0.233 e. The zero-order chi connectivity index (χ0) is 10.4. The van der Waals surface area contributed by atoms with Crippen molar-refractivity contribution in [2.24, 2.45) is 0 Å². The predicted octanol–water partition coefficient (Wildman–Crippen LogP) is 3.10. The van der Waals surface area contributed by atoms with Gasteiger partial charge in [-0.15, -0.1) is 0 Å². The van der Waals surface area contributed by atoms with Crippen LogP contribution in [0.25, 0.3) is 0 Å². The van der Waals surface area contributed by atoms with Gasteiger partial charge in [0.2, 0.25) is 5.91 Å². The van der Waals surface area contributed by atoms with Crippen LogP contribution in [0.4, 0.5) is 5.69 Å². The van der Waals surface area contributed by atoms with Gasteiger partial charge in [-0.2, -0.15) is 0 Å². The van der Waals surface area contributed by atoms with Crippen LogP contribution >= 0.6 is 11.9 Å². The van der Waals surface area contributed by atoms with Crippen LogP contribution in [0.15, 0.2) is 30.3 Å². The molecule has 0 fully saturated rings. The summed E-state index contributed by atoms with van der Waals surface area (Å²) >= 11 is 1.57. The number of carbonyl (C=O) groups excluding carboxylic acids is 1. The van der Waals surface area contributed by atoms with Crippen molar-refractivity contribution in [2.75, 3.05) is 10.1 Å². The molecule has 0 atom stereocenters. The van der Waals surface area contributed by atoms with Crippen molar-refractivity contribution in [3.05, 3.63) is 30.3 Å². The Bertz CT molecular complexity index is 287. The second-order valence-electron chi connectivity index (χ2n) is 2.98. The van der Waals surface area contributed by atoms with E-state index >= 15 is 0 Å². The van der Waals surface area contributed by atoms with Crippen molar-refractivity contribution < 1.29 is 4.79 Å². The van der Waals surface area contributed by atoms with Gasteiger partial charge in [-0.1, -0.05) is 25.1 Å². The minimum Gasteiger partial charge on any atom is -0.274 e. The van der Waals surface area contributed by atoms with E-state index in [0.29, 0.717) is 0 Å². The summed E-state index contributed by atoms with van der Waals surface area (Å²) in [5, 5.41) is 0. The Morgan fingerprint density at radius 1 is 1.36 bits per heavy atom. The van der Waals surface area contributed by atoms with E-state index in [1.807, 2.05) is 30.3 Å². The topological polar surface area (TPSA) is 20.3 Å². The van der Waals surface area contributed by atoms with Gasteiger partial charge in [0, 0.05) is 12.7 Å². The highest BCUT2D eigenvalue weighted by molar-refractivity contribution is 8.01. The first kappa shape index (κ1) is 11.1. The number of para-hydroxylation sites is 1. The summed E-state index contributed by atoms with van der Waals surface area (Å²) in [4.78, 5) is 11.4. The van der Waals surface area contributed by atoms with E-state index < -0.39 is 0 Å². The van der Waals surface area contributed by atoms with Crippen LogP contribution in [0.5, 0.6) is 0 Å². The van der Waals surface area contributed by atoms with Crippen LogP contribution in [0.2, 0.25) is 0 Å². The second-order valence-corrected chi connectivity index (χ2v) is 4.01. The predicted molar refractivity (Wildman–Crippen MR) is 62.4 cm³/mol. The molecule has 1 aromatic carbocycles. The molecule has 14 heavy (non-hydrogen) atoms. The molecule has 0 aliphatic heterocycles. The largest absolute Gasteiger partial charge is 0.274 e. The Balaban J connectivity index is 2.73. The lowest BCUT2D eigenvalue weighted by Gasteiger charge is -2.18. The molecule has 0 radical (unpaired) electrons. The van der Waals surface area contributed by atoms with Crippen molar-refractivity contribution in [3.63, 3.8) is 0 Å². The highest BCUT2D eigenvalue weighted by Crippen LogP contribution is 2.22. The molecule has 0 aromatic heterocycles. The molecule has 0 aliphatic rings. The number of benzene rings is 1. The molecule has 0 saturated carbocycles. The quantitative estimate of drug-likeness (QED) is 0.710. The maximum atomic E-state index is 11.4. The molecule has 76 valence electrons. The summed E-state index contributed by atoms with van der Waals surface area (Å²) in [6.45, 7) is 3.70. The number of hydrogen-bond donors (Lipinski definition) is 0. The number of amides is 1. The monoisotopic (exact) mass is 209 g/mol. The van der Waals surface area contributed by atoms with Crippen LogP contribution in [0.1, 0.15) is 20.3 Å². The third-order valence-corrected chi connectivity index (χ3v) is 3.02. The minimum atomic E-state index is 0.0784. The van der Waals surface area contributed by atoms with E-state index in [1.54, 1.807) is 23.2 Å². The summed E-state index contributed by atoms with van der Waals surface area (Å²) < 4.78 is 1.74. The lowest BCUT2D eigenvalue weighted by atomic mass is 10.3. The number of nitrogens with zero attached hydrogens (tertiary/aromatic N) is 1. The van der Waals surface area contributed by atoms with Crippen LogP contribution < -0.4 is 4.31 Å². The number of hydrogen-bond acceptors (Lipinski definition) is 2. The summed E-state index contributed by atoms with van der Waals surface area (Å²) in [6.07, 6.45) is 1.07. The average Bonchev–Trinajstić information content (AvgIpc) is 2.19. The molecule has 0 N–H and O–H groups in total. The van der Waals surface area contributed by atoms with Crippen LogP contribution in [0.3, 0.4) is 0 Å². The van der Waals surface area contributed by atoms with Gasteiger partial charge in [-0.05, 0) is 30.5 Å². The maximum absolute atomic E-state index is 11.4. The molecule has 1 rings (SSSR count). The first-order chi connectivity index (χ1) is 6.75. The van der Waals surface area contributed by atoms with Gasteiger partial charge in [0.15, 0.2) is 0 Å². The normalized spacial score (nSPS) is 9.86. The molecule has 2 nitrogen and oxygen atoms in total. The second kappa shape index (κ2) is 5.70. The molecule has 1 amide bonds. The Kier molecular flexibility index (Phi) is 4.53. The standard InChI is InChI=1S/C11H15NOS/c1-3-9-14-12(10(2)13)11-7-5-4-6-8-11/h4-8H,3,9H2,1-2H3. The summed E-state index contributed by atoms with van der Waals surface area (Å²) in [5.41, 5.74) is 0.957. The van der Waals surface area contributed by atoms with Crippen molar-refractivity contribution in [2.45, 2.75) is 20.3 Å². The number of carbonyl (C=O) groups is 1. The van der Waals surface area contributed by atoms with Crippen molar-refractivity contribution in [3.8, 4) is 0 Å². The molecule has 0 unspecified atom stereocenters. The molecule has 3 heteroatoms. The fourth-order valence-electron chi connectivity index (χ4n) is 1.09. The van der Waals surface area contributed by atoms with Crippen LogP contribution in [-0.4, -0.2) is 11.7 Å². The number of anilines is 1. The first-order valence-corrected chi connectivity index (χ1v) is 5.68. The molecule has 0 spiro atoms. The number of rotatable bonds is 4. The van der Waals surface area contributed by atoms with Crippen molar-refractivity contribution in [1.29, 1.82) is 0 Å². The SMILES string of the molecule is CCCSN(C(C)=O)c1ccccc1. The van der Waals surface area contributed by atoms with E-state index in [9.17, 15) is 4.79 Å². The molecule has 0 saturated heterocycles. The third-order valence-electron chi connectivity index (χ3n) is 1.70. The Morgan fingerprint density at radius 2 is 2.00 bits per heavy atom. The Labute approximate surface area is 89.4 Å². The Hall–Kier alpha value is -0.960. The average molecular weight is 209 g/mol. The Morgan fingerprint density at radius 3 is 2.50 bits per heavy atom. The zero-order valence-corrected chi connectivity index (χ0v) is 9.38. The van der Waals surface area contributed by atoms with Crippen LogP contribution in [0, 0.1) is 0 Å². The lowest BCUT2D eigenvalue weighted by molar-refractivity contribution is -0.115. The highest BCUT2D eigenvalue weighted by atomic mass is 32.2. The summed E-state index contributed by atoms with van der Waals surface area (Å²) in [7, 11) is 0. The van der Waals surface area contributed by atoms with E-state index in [-0.39, 0.29) is 5.91 Å². The molecular weight excluding hydrogens is 194 g/mol. The van der Waals surface area contributed by atoms with Gasteiger partial charge in [-0.25, -0.2) is 0 Å². The van der Waals surface area contributed by atoms with E-state index in [0.717, 1.165) is 17.9 Å². The molecule has 0 bridgehead atoms. The lowest BCUT2D eigenvalue weighted by Crippen LogP contribution is -2.20. The van der Waals surface area contributed by atoms with Crippen LogP contribution in [-0.2, 0) is 4.79 Å². The molecular formula is C11H15NOS. The van der Waals surface area contributed by atoms with Gasteiger partial charge >= 0.3 is 0 Å². The van der Waals surface area contributed by atoms with Gasteiger partial charge < -0.3 is 0 Å². The van der Waals surface area contributed by atoms with Gasteiger partial charge in [0.25, 0.3) is 0 Å².